The summed E-state index contributed by atoms with van der Waals surface area (Å²) < 4.78 is 33.2. The average Bonchev–Trinajstić information content (AvgIpc) is 3.46. The molecule has 8 nitrogen and oxygen atoms in total. The molecule has 1 N–H and O–H groups in total. The summed E-state index contributed by atoms with van der Waals surface area (Å²) in [5, 5.41) is 6.39. The van der Waals surface area contributed by atoms with E-state index in [1.807, 2.05) is 11.4 Å². The fraction of sp³-hybridized carbons (Fsp3) is 0.350. The van der Waals surface area contributed by atoms with Crippen LogP contribution >= 0.6 is 23.1 Å². The van der Waals surface area contributed by atoms with Crippen molar-refractivity contribution in [1.82, 2.24) is 14.3 Å². The molecule has 1 fully saturated rings. The smallest absolute Gasteiger partial charge is 0.246 e. The van der Waals surface area contributed by atoms with Crippen LogP contribution in [0, 0.1) is 0 Å². The molecule has 2 aromatic heterocycles. The number of nitrogens with zero attached hydrogens (tertiary/aromatic N) is 3. The second-order valence-electron chi connectivity index (χ2n) is 6.86. The molecular weight excluding hydrogens is 456 g/mol. The van der Waals surface area contributed by atoms with Gasteiger partial charge in [0.2, 0.25) is 15.9 Å². The molecule has 4 rings (SSSR count). The molecule has 3 heterocycles. The van der Waals surface area contributed by atoms with Gasteiger partial charge in [-0.25, -0.2) is 18.4 Å². The Hall–Kier alpha value is -2.21. The standard InChI is InChI=1S/C20H22N4O4S3/c1-2-28-16-6-5-14(11-17(16)31(26,27)24-8-3-4-9-24)23-18(25)12-30-20-15-7-10-29-19(15)21-13-22-20/h5-7,10-11,13H,2-4,8-9,12H2,1H3,(H,23,25). The first-order valence-electron chi connectivity index (χ1n) is 9.87. The Kier molecular flexibility index (Phi) is 6.75. The van der Waals surface area contributed by atoms with Crippen molar-refractivity contribution in [1.29, 1.82) is 0 Å². The summed E-state index contributed by atoms with van der Waals surface area (Å²) in [5.74, 6) is 0.187. The fourth-order valence-corrected chi connectivity index (χ4v) is 6.60. The Morgan fingerprint density at radius 1 is 1.26 bits per heavy atom. The molecule has 1 saturated heterocycles. The Morgan fingerprint density at radius 2 is 2.06 bits per heavy atom. The van der Waals surface area contributed by atoms with Gasteiger partial charge in [-0.15, -0.1) is 11.3 Å². The summed E-state index contributed by atoms with van der Waals surface area (Å²) in [7, 11) is -3.69. The predicted octanol–water partition coefficient (Wildman–Crippen LogP) is 3.61. The molecule has 0 aliphatic carbocycles. The summed E-state index contributed by atoms with van der Waals surface area (Å²) in [6.07, 6.45) is 3.18. The first kappa shape index (κ1) is 22.0. The number of rotatable bonds is 8. The highest BCUT2D eigenvalue weighted by molar-refractivity contribution is 8.00. The largest absolute Gasteiger partial charge is 0.492 e. The van der Waals surface area contributed by atoms with Crippen molar-refractivity contribution in [2.24, 2.45) is 0 Å². The third-order valence-corrected chi connectivity index (χ3v) is 8.52. The van der Waals surface area contributed by atoms with Crippen LogP contribution in [0.25, 0.3) is 10.2 Å². The quantitative estimate of drug-likeness (QED) is 0.390. The normalized spacial score (nSPS) is 14.7. The van der Waals surface area contributed by atoms with E-state index < -0.39 is 10.0 Å². The second-order valence-corrected chi connectivity index (χ2v) is 10.6. The topological polar surface area (TPSA) is 101 Å². The monoisotopic (exact) mass is 478 g/mol. The minimum atomic E-state index is -3.69. The first-order valence-corrected chi connectivity index (χ1v) is 13.2. The third kappa shape index (κ3) is 4.84. The number of ether oxygens (including phenoxy) is 1. The molecule has 0 unspecified atom stereocenters. The van der Waals surface area contributed by atoms with Crippen LogP contribution in [0.4, 0.5) is 5.69 Å². The average molecular weight is 479 g/mol. The first-order chi connectivity index (χ1) is 15.0. The van der Waals surface area contributed by atoms with Gasteiger partial charge in [0.15, 0.2) is 0 Å². The van der Waals surface area contributed by atoms with Crippen LogP contribution in [-0.2, 0) is 14.8 Å². The highest BCUT2D eigenvalue weighted by atomic mass is 32.2. The highest BCUT2D eigenvalue weighted by Gasteiger charge is 2.30. The molecule has 3 aromatic rings. The lowest BCUT2D eigenvalue weighted by atomic mass is 10.3. The van der Waals surface area contributed by atoms with Crippen molar-refractivity contribution in [3.63, 3.8) is 0 Å². The third-order valence-electron chi connectivity index (χ3n) is 4.78. The van der Waals surface area contributed by atoms with Crippen LogP contribution in [0.15, 0.2) is 45.9 Å². The Morgan fingerprint density at radius 3 is 2.84 bits per heavy atom. The number of benzene rings is 1. The number of hydrogen-bond donors (Lipinski definition) is 1. The van der Waals surface area contributed by atoms with E-state index in [1.165, 1.54) is 39.8 Å². The number of fused-ring (bicyclic) bond motifs is 1. The summed E-state index contributed by atoms with van der Waals surface area (Å²) >= 11 is 2.84. The van der Waals surface area contributed by atoms with E-state index in [-0.39, 0.29) is 16.6 Å². The predicted molar refractivity (Wildman–Crippen MR) is 122 cm³/mol. The summed E-state index contributed by atoms with van der Waals surface area (Å²) in [6, 6.07) is 6.65. The number of thiophene rings is 1. The van der Waals surface area contributed by atoms with Crippen molar-refractivity contribution >= 4 is 54.9 Å². The molecule has 1 aliphatic heterocycles. The van der Waals surface area contributed by atoms with Gasteiger partial charge in [-0.05, 0) is 49.4 Å². The maximum atomic E-state index is 13.1. The SMILES string of the molecule is CCOc1ccc(NC(=O)CSc2ncnc3sccc23)cc1S(=O)(=O)N1CCCC1. The van der Waals surface area contributed by atoms with E-state index in [0.29, 0.717) is 31.1 Å². The molecule has 11 heteroatoms. The van der Waals surface area contributed by atoms with Gasteiger partial charge in [0, 0.05) is 24.2 Å². The van der Waals surface area contributed by atoms with Crippen molar-refractivity contribution in [2.75, 3.05) is 30.8 Å². The van der Waals surface area contributed by atoms with Crippen LogP contribution < -0.4 is 10.1 Å². The highest BCUT2D eigenvalue weighted by Crippen LogP contribution is 2.32. The Balaban J connectivity index is 1.50. The van der Waals surface area contributed by atoms with Gasteiger partial charge in [0.1, 0.15) is 26.8 Å². The maximum absolute atomic E-state index is 13.1. The van der Waals surface area contributed by atoms with E-state index >= 15 is 0 Å². The van der Waals surface area contributed by atoms with Crippen LogP contribution in [0.3, 0.4) is 0 Å². The van der Waals surface area contributed by atoms with Crippen LogP contribution in [0.1, 0.15) is 19.8 Å². The lowest BCUT2D eigenvalue weighted by Gasteiger charge is -2.19. The number of sulfonamides is 1. The molecule has 0 bridgehead atoms. The van der Waals surface area contributed by atoms with Crippen molar-refractivity contribution in [3.05, 3.63) is 36.0 Å². The van der Waals surface area contributed by atoms with E-state index in [9.17, 15) is 13.2 Å². The minimum absolute atomic E-state index is 0.0810. The summed E-state index contributed by atoms with van der Waals surface area (Å²) in [5.41, 5.74) is 0.412. The number of anilines is 1. The lowest BCUT2D eigenvalue weighted by molar-refractivity contribution is -0.113. The molecular formula is C20H22N4O4S3. The van der Waals surface area contributed by atoms with Gasteiger partial charge in [0.05, 0.1) is 12.4 Å². The zero-order chi connectivity index (χ0) is 21.8. The van der Waals surface area contributed by atoms with Crippen LogP contribution in [0.2, 0.25) is 0 Å². The minimum Gasteiger partial charge on any atom is -0.492 e. The fourth-order valence-electron chi connectivity index (χ4n) is 3.34. The van der Waals surface area contributed by atoms with Crippen molar-refractivity contribution in [3.8, 4) is 5.75 Å². The van der Waals surface area contributed by atoms with Crippen molar-refractivity contribution in [2.45, 2.75) is 29.7 Å². The Bertz CT molecular complexity index is 1190. The van der Waals surface area contributed by atoms with Gasteiger partial charge in [-0.3, -0.25) is 4.79 Å². The Labute approximate surface area is 189 Å². The van der Waals surface area contributed by atoms with E-state index in [0.717, 1.165) is 28.1 Å². The molecule has 1 aliphatic rings. The number of carbonyl (C=O) groups excluding carboxylic acids is 1. The summed E-state index contributed by atoms with van der Waals surface area (Å²) in [6.45, 7) is 3.14. The summed E-state index contributed by atoms with van der Waals surface area (Å²) in [4.78, 5) is 21.9. The molecule has 0 atom stereocenters. The van der Waals surface area contributed by atoms with E-state index in [1.54, 1.807) is 19.1 Å². The molecule has 1 aromatic carbocycles. The van der Waals surface area contributed by atoms with Gasteiger partial charge in [-0.1, -0.05) is 11.8 Å². The lowest BCUT2D eigenvalue weighted by Crippen LogP contribution is -2.28. The van der Waals surface area contributed by atoms with Crippen LogP contribution in [-0.4, -0.2) is 54.0 Å². The van der Waals surface area contributed by atoms with Gasteiger partial charge in [0.25, 0.3) is 0 Å². The molecule has 31 heavy (non-hydrogen) atoms. The molecule has 1 amide bonds. The van der Waals surface area contributed by atoms with Gasteiger partial charge in [-0.2, -0.15) is 4.31 Å². The zero-order valence-corrected chi connectivity index (χ0v) is 19.4. The number of nitrogens with one attached hydrogen (secondary N) is 1. The number of thioether (sulfide) groups is 1. The number of aromatic nitrogens is 2. The maximum Gasteiger partial charge on any atom is 0.246 e. The van der Waals surface area contributed by atoms with Crippen LogP contribution in [0.5, 0.6) is 5.75 Å². The van der Waals surface area contributed by atoms with Gasteiger partial charge >= 0.3 is 0 Å². The van der Waals surface area contributed by atoms with Crippen molar-refractivity contribution < 1.29 is 17.9 Å². The number of amides is 1. The molecule has 0 radical (unpaired) electrons. The van der Waals surface area contributed by atoms with E-state index in [4.69, 9.17) is 4.74 Å². The van der Waals surface area contributed by atoms with Gasteiger partial charge < -0.3 is 10.1 Å². The molecule has 0 spiro atoms. The second kappa shape index (κ2) is 9.51. The molecule has 164 valence electrons. The number of carbonyl (C=O) groups is 1. The zero-order valence-electron chi connectivity index (χ0n) is 16.9. The number of hydrogen-bond acceptors (Lipinski definition) is 8. The molecule has 0 saturated carbocycles. The van der Waals surface area contributed by atoms with E-state index in [2.05, 4.69) is 15.3 Å².